The molecule has 0 radical (unpaired) electrons. The molecule has 1 rings (SSSR count). The van der Waals surface area contributed by atoms with E-state index >= 15 is 0 Å². The molecule has 1 aliphatic rings. The van der Waals surface area contributed by atoms with E-state index in [0.29, 0.717) is 0 Å². The third-order valence-electron chi connectivity index (χ3n) is 1.54. The quantitative estimate of drug-likeness (QED) is 0.469. The van der Waals surface area contributed by atoms with Gasteiger partial charge in [0.05, 0.1) is 12.1 Å². The molecule has 50 valence electrons. The molecule has 1 aliphatic heterocycles. The number of hydrazone groups is 1. The van der Waals surface area contributed by atoms with Crippen molar-refractivity contribution in [2.24, 2.45) is 5.10 Å². The van der Waals surface area contributed by atoms with E-state index in [1.807, 2.05) is 0 Å². The van der Waals surface area contributed by atoms with E-state index in [1.54, 1.807) is 0 Å². The molecule has 0 aromatic rings. The maximum Gasteiger partial charge on any atom is 0.187 e. The van der Waals surface area contributed by atoms with E-state index in [1.165, 1.54) is 11.4 Å². The van der Waals surface area contributed by atoms with Gasteiger partial charge in [0, 0.05) is 6.92 Å². The summed E-state index contributed by atoms with van der Waals surface area (Å²) in [4.78, 5) is 0. The first kappa shape index (κ1) is 6.46. The molecule has 0 bridgehead atoms. The van der Waals surface area contributed by atoms with Crippen LogP contribution in [0.5, 0.6) is 0 Å². The third kappa shape index (κ3) is 1.18. The van der Waals surface area contributed by atoms with Crippen LogP contribution >= 0.6 is 0 Å². The zero-order valence-electron chi connectivity index (χ0n) is 6.31. The van der Waals surface area contributed by atoms with Gasteiger partial charge in [-0.05, 0) is 18.9 Å². The fourth-order valence-corrected chi connectivity index (χ4v) is 1.13. The minimum absolute atomic E-state index is 1.00. The number of rotatable bonds is 1. The van der Waals surface area contributed by atoms with Crippen LogP contribution in [-0.2, 0) is 0 Å². The van der Waals surface area contributed by atoms with Crippen molar-refractivity contribution in [3.8, 4) is 0 Å². The summed E-state index contributed by atoms with van der Waals surface area (Å²) in [6.07, 6.45) is 1.06. The minimum Gasteiger partial charge on any atom is -0.0928 e. The Morgan fingerprint density at radius 1 is 1.56 bits per heavy atom. The Balaban J connectivity index is 2.75. The maximum atomic E-state index is 4.30. The highest BCUT2D eigenvalue weighted by Crippen LogP contribution is 2.00. The summed E-state index contributed by atoms with van der Waals surface area (Å²) < 4.78 is 2.05. The van der Waals surface area contributed by atoms with Gasteiger partial charge in [0.15, 0.2) is 12.3 Å². The Morgan fingerprint density at radius 2 is 2.22 bits per heavy atom. The lowest BCUT2D eigenvalue weighted by molar-refractivity contribution is -0.527. The van der Waals surface area contributed by atoms with Gasteiger partial charge in [-0.25, -0.2) is 0 Å². The van der Waals surface area contributed by atoms with Gasteiger partial charge in [-0.15, -0.1) is 0 Å². The zero-order valence-corrected chi connectivity index (χ0v) is 6.31. The molecule has 0 saturated heterocycles. The van der Waals surface area contributed by atoms with E-state index in [4.69, 9.17) is 0 Å². The molecule has 0 saturated carbocycles. The summed E-state index contributed by atoms with van der Waals surface area (Å²) in [7, 11) is 0. The fourth-order valence-electron chi connectivity index (χ4n) is 1.13. The first-order valence-electron chi connectivity index (χ1n) is 3.38. The Labute approximate surface area is 55.9 Å². The van der Waals surface area contributed by atoms with Gasteiger partial charge < -0.3 is 0 Å². The molecule has 9 heavy (non-hydrogen) atoms. The molecular formula is C7H13N2+. The molecule has 0 unspecified atom stereocenters. The summed E-state index contributed by atoms with van der Waals surface area (Å²) >= 11 is 0. The van der Waals surface area contributed by atoms with Crippen LogP contribution in [0.3, 0.4) is 0 Å². The van der Waals surface area contributed by atoms with Gasteiger partial charge in [0.25, 0.3) is 0 Å². The predicted octanol–water partition coefficient (Wildman–Crippen LogP) is 1.26. The van der Waals surface area contributed by atoms with Gasteiger partial charge in [-0.1, -0.05) is 4.68 Å². The number of nitrogens with zero attached hydrogens (tertiary/aromatic N) is 2. The highest BCUT2D eigenvalue weighted by Gasteiger charge is 2.16. The summed E-state index contributed by atoms with van der Waals surface area (Å²) in [6.45, 7) is 7.32. The molecule has 1 heterocycles. The first-order chi connectivity index (χ1) is 4.24. The predicted molar refractivity (Wildman–Crippen MR) is 39.2 cm³/mol. The van der Waals surface area contributed by atoms with Crippen molar-refractivity contribution in [1.29, 1.82) is 0 Å². The van der Waals surface area contributed by atoms with Crippen molar-refractivity contribution in [3.05, 3.63) is 0 Å². The van der Waals surface area contributed by atoms with Crippen LogP contribution in [0.1, 0.15) is 27.2 Å². The summed E-state index contributed by atoms with van der Waals surface area (Å²) in [5.41, 5.74) is 2.60. The van der Waals surface area contributed by atoms with Crippen molar-refractivity contribution in [2.45, 2.75) is 27.2 Å². The molecule has 0 aliphatic carbocycles. The molecule has 0 spiro atoms. The maximum absolute atomic E-state index is 4.30. The largest absolute Gasteiger partial charge is 0.187 e. The number of hydrogen-bond donors (Lipinski definition) is 0. The summed E-state index contributed by atoms with van der Waals surface area (Å²) in [6, 6.07) is 0. The van der Waals surface area contributed by atoms with E-state index < -0.39 is 0 Å². The lowest BCUT2D eigenvalue weighted by atomic mass is 10.2. The van der Waals surface area contributed by atoms with Crippen molar-refractivity contribution in [3.63, 3.8) is 0 Å². The van der Waals surface area contributed by atoms with Gasteiger partial charge in [-0.2, -0.15) is 0 Å². The molecule has 0 fully saturated rings. The van der Waals surface area contributed by atoms with Gasteiger partial charge in [0.2, 0.25) is 0 Å². The molecule has 2 nitrogen and oxygen atoms in total. The Bertz CT molecular complexity index is 177. The van der Waals surface area contributed by atoms with Crippen LogP contribution in [0.15, 0.2) is 5.10 Å². The van der Waals surface area contributed by atoms with Crippen LogP contribution in [0.4, 0.5) is 0 Å². The van der Waals surface area contributed by atoms with Gasteiger partial charge in [-0.3, -0.25) is 0 Å². The SMILES string of the molecule is CC[N+]1=C(C)CC(C)=N1. The van der Waals surface area contributed by atoms with Crippen LogP contribution in [0.2, 0.25) is 0 Å². The van der Waals surface area contributed by atoms with Crippen molar-refractivity contribution < 1.29 is 4.68 Å². The van der Waals surface area contributed by atoms with Crippen molar-refractivity contribution in [1.82, 2.24) is 0 Å². The lowest BCUT2D eigenvalue weighted by Crippen LogP contribution is -2.06. The Morgan fingerprint density at radius 3 is 2.44 bits per heavy atom. The second kappa shape index (κ2) is 2.29. The Hall–Kier alpha value is -0.660. The molecule has 0 aromatic heterocycles. The van der Waals surface area contributed by atoms with Crippen molar-refractivity contribution in [2.75, 3.05) is 6.54 Å². The van der Waals surface area contributed by atoms with E-state index in [-0.39, 0.29) is 0 Å². The van der Waals surface area contributed by atoms with Crippen molar-refractivity contribution >= 4 is 11.4 Å². The second-order valence-corrected chi connectivity index (χ2v) is 2.46. The summed E-state index contributed by atoms with van der Waals surface area (Å²) in [5.74, 6) is 0. The molecular weight excluding hydrogens is 112 g/mol. The highest BCUT2D eigenvalue weighted by molar-refractivity contribution is 6.01. The zero-order chi connectivity index (χ0) is 6.85. The fraction of sp³-hybridized carbons (Fsp3) is 0.714. The van der Waals surface area contributed by atoms with Gasteiger partial charge in [0.1, 0.15) is 0 Å². The average molecular weight is 125 g/mol. The van der Waals surface area contributed by atoms with E-state index in [0.717, 1.165) is 13.0 Å². The standard InChI is InChI=1S/C7H13N2/c1-4-9-7(3)5-6(2)8-9/h4-5H2,1-3H3/q+1. The van der Waals surface area contributed by atoms with Crippen LogP contribution < -0.4 is 0 Å². The molecule has 0 atom stereocenters. The van der Waals surface area contributed by atoms with Crippen LogP contribution in [-0.4, -0.2) is 22.7 Å². The van der Waals surface area contributed by atoms with E-state index in [9.17, 15) is 0 Å². The van der Waals surface area contributed by atoms with E-state index in [2.05, 4.69) is 30.6 Å². The topological polar surface area (TPSA) is 15.4 Å². The molecule has 2 heteroatoms. The normalized spacial score (nSPS) is 18.8. The van der Waals surface area contributed by atoms with Crippen LogP contribution in [0.25, 0.3) is 0 Å². The Kier molecular flexibility index (Phi) is 1.65. The lowest BCUT2D eigenvalue weighted by Gasteiger charge is -1.84. The molecule has 0 N–H and O–H groups in total. The minimum atomic E-state index is 1.00. The highest BCUT2D eigenvalue weighted by atomic mass is 15.4. The second-order valence-electron chi connectivity index (χ2n) is 2.46. The first-order valence-corrected chi connectivity index (χ1v) is 3.38. The smallest absolute Gasteiger partial charge is 0.0928 e. The van der Waals surface area contributed by atoms with Gasteiger partial charge >= 0.3 is 0 Å². The van der Waals surface area contributed by atoms with Crippen LogP contribution in [0, 0.1) is 0 Å². The summed E-state index contributed by atoms with van der Waals surface area (Å²) in [5, 5.41) is 4.30. The molecule has 0 aromatic carbocycles. The average Bonchev–Trinajstić information content (AvgIpc) is 2.10. The monoisotopic (exact) mass is 125 g/mol. The third-order valence-corrected chi connectivity index (χ3v) is 1.54. The molecule has 0 amide bonds. The number of hydrogen-bond acceptors (Lipinski definition) is 1.